The Hall–Kier alpha value is -1.46. The molecule has 5 nitrogen and oxygen atoms in total. The number of carbonyl (C=O) groups is 1. The molecule has 0 atom stereocenters. The number of hydrogen-bond donors (Lipinski definition) is 0. The van der Waals surface area contributed by atoms with Crippen LogP contribution in [-0.4, -0.2) is 55.3 Å². The minimum absolute atomic E-state index is 0.0587. The lowest BCUT2D eigenvalue weighted by Crippen LogP contribution is -2.41. The monoisotopic (exact) mass is 264 g/mol. The summed E-state index contributed by atoms with van der Waals surface area (Å²) < 4.78 is 10.6. The number of carbonyl (C=O) groups excluding carboxylic acids is 1. The Bertz CT molecular complexity index is 389. The van der Waals surface area contributed by atoms with Gasteiger partial charge >= 0.3 is 0 Å². The number of pyridine rings is 1. The Balaban J connectivity index is 1.78. The van der Waals surface area contributed by atoms with Crippen molar-refractivity contribution < 1.29 is 14.3 Å². The molecule has 0 saturated carbocycles. The van der Waals surface area contributed by atoms with E-state index in [1.807, 2.05) is 4.90 Å². The lowest BCUT2D eigenvalue weighted by atomic mass is 10.1. The molecule has 0 aromatic carbocycles. The van der Waals surface area contributed by atoms with E-state index < -0.39 is 0 Å². The molecule has 0 unspecified atom stereocenters. The fourth-order valence-electron chi connectivity index (χ4n) is 2.20. The first kappa shape index (κ1) is 14.0. The van der Waals surface area contributed by atoms with E-state index in [2.05, 4.69) is 4.98 Å². The summed E-state index contributed by atoms with van der Waals surface area (Å²) in [6.45, 7) is 2.73. The zero-order chi connectivity index (χ0) is 13.5. The second-order valence-electron chi connectivity index (χ2n) is 4.60. The van der Waals surface area contributed by atoms with E-state index in [1.165, 1.54) is 0 Å². The van der Waals surface area contributed by atoms with Crippen molar-refractivity contribution in [1.82, 2.24) is 9.88 Å². The van der Waals surface area contributed by atoms with Gasteiger partial charge in [0.15, 0.2) is 0 Å². The first-order valence-electron chi connectivity index (χ1n) is 6.61. The molecule has 1 aromatic heterocycles. The third-order valence-electron chi connectivity index (χ3n) is 3.28. The molecule has 1 aromatic rings. The molecule has 0 N–H and O–H groups in total. The summed E-state index contributed by atoms with van der Waals surface area (Å²) in [6, 6.07) is 3.59. The third kappa shape index (κ3) is 4.01. The topological polar surface area (TPSA) is 51.7 Å². The van der Waals surface area contributed by atoms with Gasteiger partial charge in [-0.1, -0.05) is 0 Å². The van der Waals surface area contributed by atoms with Crippen LogP contribution < -0.4 is 0 Å². The maximum absolute atomic E-state index is 12.2. The van der Waals surface area contributed by atoms with Gasteiger partial charge in [0.05, 0.1) is 24.9 Å². The molecule has 2 rings (SSSR count). The molecule has 1 saturated heterocycles. The Morgan fingerprint density at radius 2 is 2.21 bits per heavy atom. The molecular weight excluding hydrogens is 244 g/mol. The second kappa shape index (κ2) is 7.21. The highest BCUT2D eigenvalue weighted by molar-refractivity contribution is 5.93. The van der Waals surface area contributed by atoms with Crippen molar-refractivity contribution in [3.63, 3.8) is 0 Å². The summed E-state index contributed by atoms with van der Waals surface area (Å²) in [7, 11) is 1.67. The molecule has 5 heteroatoms. The third-order valence-corrected chi connectivity index (χ3v) is 3.28. The molecular formula is C14H20N2O3. The van der Waals surface area contributed by atoms with Crippen LogP contribution in [0.2, 0.25) is 0 Å². The fourth-order valence-corrected chi connectivity index (χ4v) is 2.20. The average Bonchev–Trinajstić information content (AvgIpc) is 2.48. The van der Waals surface area contributed by atoms with Crippen LogP contribution >= 0.6 is 0 Å². The van der Waals surface area contributed by atoms with Crippen LogP contribution in [0, 0.1) is 0 Å². The molecule has 1 aliphatic heterocycles. The lowest BCUT2D eigenvalue weighted by Gasteiger charge is -2.31. The van der Waals surface area contributed by atoms with E-state index in [-0.39, 0.29) is 12.0 Å². The second-order valence-corrected chi connectivity index (χ2v) is 4.60. The maximum Gasteiger partial charge on any atom is 0.255 e. The van der Waals surface area contributed by atoms with Gasteiger partial charge in [0, 0.05) is 32.6 Å². The Morgan fingerprint density at radius 3 is 2.84 bits per heavy atom. The van der Waals surface area contributed by atoms with Crippen LogP contribution in [0.4, 0.5) is 0 Å². The largest absolute Gasteiger partial charge is 0.382 e. The summed E-state index contributed by atoms with van der Waals surface area (Å²) in [4.78, 5) is 18.0. The number of piperidine rings is 1. The standard InChI is InChI=1S/C14H20N2O3/c1-18-9-10-19-13-4-7-16(8-5-13)14(17)12-3-2-6-15-11-12/h2-3,6,11,13H,4-5,7-10H2,1H3. The van der Waals surface area contributed by atoms with Crippen LogP contribution in [0.15, 0.2) is 24.5 Å². The number of hydrogen-bond acceptors (Lipinski definition) is 4. The van der Waals surface area contributed by atoms with Gasteiger partial charge in [-0.3, -0.25) is 9.78 Å². The SMILES string of the molecule is COCCOC1CCN(C(=O)c2cccnc2)CC1. The highest BCUT2D eigenvalue weighted by atomic mass is 16.5. The molecule has 104 valence electrons. The number of likely N-dealkylation sites (tertiary alicyclic amines) is 1. The van der Waals surface area contributed by atoms with Gasteiger partial charge in [-0.25, -0.2) is 0 Å². The van der Waals surface area contributed by atoms with Gasteiger partial charge < -0.3 is 14.4 Å². The lowest BCUT2D eigenvalue weighted by molar-refractivity contribution is -0.0122. The van der Waals surface area contributed by atoms with Crippen molar-refractivity contribution >= 4 is 5.91 Å². The van der Waals surface area contributed by atoms with Crippen molar-refractivity contribution in [3.05, 3.63) is 30.1 Å². The van der Waals surface area contributed by atoms with Crippen molar-refractivity contribution in [1.29, 1.82) is 0 Å². The van der Waals surface area contributed by atoms with E-state index in [1.54, 1.807) is 31.6 Å². The van der Waals surface area contributed by atoms with Crippen LogP contribution in [0.5, 0.6) is 0 Å². The zero-order valence-corrected chi connectivity index (χ0v) is 11.2. The minimum atomic E-state index is 0.0587. The van der Waals surface area contributed by atoms with Crippen LogP contribution in [0.1, 0.15) is 23.2 Å². The minimum Gasteiger partial charge on any atom is -0.382 e. The Morgan fingerprint density at radius 1 is 1.42 bits per heavy atom. The van der Waals surface area contributed by atoms with Crippen LogP contribution in [0.25, 0.3) is 0 Å². The Kier molecular flexibility index (Phi) is 5.30. The van der Waals surface area contributed by atoms with Crippen molar-refractivity contribution in [2.24, 2.45) is 0 Å². The summed E-state index contributed by atoms with van der Waals surface area (Å²) in [5.74, 6) is 0.0587. The van der Waals surface area contributed by atoms with E-state index >= 15 is 0 Å². The van der Waals surface area contributed by atoms with Gasteiger partial charge in [0.2, 0.25) is 0 Å². The van der Waals surface area contributed by atoms with Gasteiger partial charge in [0.25, 0.3) is 5.91 Å². The summed E-state index contributed by atoms with van der Waals surface area (Å²) in [6.07, 6.45) is 5.30. The number of rotatable bonds is 5. The number of methoxy groups -OCH3 is 1. The molecule has 1 fully saturated rings. The van der Waals surface area contributed by atoms with E-state index in [9.17, 15) is 4.79 Å². The first-order valence-corrected chi connectivity index (χ1v) is 6.61. The summed E-state index contributed by atoms with van der Waals surface area (Å²) in [5, 5.41) is 0. The van der Waals surface area contributed by atoms with Gasteiger partial charge in [-0.2, -0.15) is 0 Å². The zero-order valence-electron chi connectivity index (χ0n) is 11.2. The first-order chi connectivity index (χ1) is 9.31. The van der Waals surface area contributed by atoms with Crippen molar-refractivity contribution in [2.75, 3.05) is 33.4 Å². The molecule has 0 spiro atoms. The Labute approximate surface area is 113 Å². The van der Waals surface area contributed by atoms with E-state index in [4.69, 9.17) is 9.47 Å². The fraction of sp³-hybridized carbons (Fsp3) is 0.571. The van der Waals surface area contributed by atoms with E-state index in [0.29, 0.717) is 18.8 Å². The highest BCUT2D eigenvalue weighted by Gasteiger charge is 2.23. The number of amides is 1. The quantitative estimate of drug-likeness (QED) is 0.753. The summed E-state index contributed by atoms with van der Waals surface area (Å²) >= 11 is 0. The smallest absolute Gasteiger partial charge is 0.255 e. The van der Waals surface area contributed by atoms with Gasteiger partial charge in [-0.15, -0.1) is 0 Å². The predicted molar refractivity (Wildman–Crippen MR) is 71.0 cm³/mol. The molecule has 0 aliphatic carbocycles. The maximum atomic E-state index is 12.2. The molecule has 2 heterocycles. The molecule has 19 heavy (non-hydrogen) atoms. The normalized spacial score (nSPS) is 16.6. The van der Waals surface area contributed by atoms with Gasteiger partial charge in [-0.05, 0) is 25.0 Å². The van der Waals surface area contributed by atoms with Crippen LogP contribution in [-0.2, 0) is 9.47 Å². The van der Waals surface area contributed by atoms with Crippen molar-refractivity contribution in [2.45, 2.75) is 18.9 Å². The van der Waals surface area contributed by atoms with Crippen LogP contribution in [0.3, 0.4) is 0 Å². The average molecular weight is 264 g/mol. The molecule has 0 radical (unpaired) electrons. The number of ether oxygens (including phenoxy) is 2. The highest BCUT2D eigenvalue weighted by Crippen LogP contribution is 2.15. The predicted octanol–water partition coefficient (Wildman–Crippen LogP) is 1.35. The van der Waals surface area contributed by atoms with E-state index in [0.717, 1.165) is 25.9 Å². The molecule has 0 bridgehead atoms. The van der Waals surface area contributed by atoms with Crippen molar-refractivity contribution in [3.8, 4) is 0 Å². The molecule has 1 aliphatic rings. The molecule has 1 amide bonds. The van der Waals surface area contributed by atoms with Gasteiger partial charge in [0.1, 0.15) is 0 Å². The number of nitrogens with zero attached hydrogens (tertiary/aromatic N) is 2. The summed E-state index contributed by atoms with van der Waals surface area (Å²) in [5.41, 5.74) is 0.654. The number of aromatic nitrogens is 1.